The van der Waals surface area contributed by atoms with Gasteiger partial charge in [-0.2, -0.15) is 5.10 Å². The number of rotatable bonds is 9. The van der Waals surface area contributed by atoms with Gasteiger partial charge in [0.1, 0.15) is 12.1 Å². The van der Waals surface area contributed by atoms with Crippen molar-refractivity contribution < 1.29 is 18.7 Å². The van der Waals surface area contributed by atoms with Gasteiger partial charge in [-0.3, -0.25) is 4.79 Å². The Morgan fingerprint density at radius 2 is 1.97 bits per heavy atom. The number of hydrazone groups is 1. The Kier molecular flexibility index (Phi) is 7.49. The number of hydrogen-bond donors (Lipinski definition) is 1. The van der Waals surface area contributed by atoms with Gasteiger partial charge in [-0.25, -0.2) is 10.4 Å². The minimum Gasteiger partial charge on any atom is -0.493 e. The number of hydrogen-bond acceptors (Lipinski definition) is 7. The molecule has 0 radical (unpaired) electrons. The van der Waals surface area contributed by atoms with E-state index in [1.165, 1.54) is 18.0 Å². The van der Waals surface area contributed by atoms with Crippen LogP contribution in [-0.4, -0.2) is 30.0 Å². The van der Waals surface area contributed by atoms with Gasteiger partial charge >= 0.3 is 0 Å². The number of carbonyl (C=O) groups excluding carboxylic acids is 1. The monoisotopic (exact) mass is 481 g/mol. The fraction of sp³-hybridized carbons (Fsp3) is 0.125. The number of para-hydroxylation sites is 2. The van der Waals surface area contributed by atoms with E-state index in [0.717, 1.165) is 16.6 Å². The molecule has 9 heteroatoms. The first-order chi connectivity index (χ1) is 16.1. The van der Waals surface area contributed by atoms with Gasteiger partial charge in [0.05, 0.1) is 19.1 Å². The van der Waals surface area contributed by atoms with Crippen molar-refractivity contribution >= 4 is 46.6 Å². The average Bonchev–Trinajstić information content (AvgIpc) is 3.25. The van der Waals surface area contributed by atoms with E-state index in [-0.39, 0.29) is 11.7 Å². The summed E-state index contributed by atoms with van der Waals surface area (Å²) in [4.78, 5) is 16.4. The zero-order chi connectivity index (χ0) is 23.0. The molecule has 7 nitrogen and oxygen atoms in total. The SMILES string of the molecule is COc1ccc(/C=N\NC(=O)CSc2nc3ccccc3o2)cc1OCc1ccccc1Cl. The number of thioether (sulfide) groups is 1. The first-order valence-corrected chi connectivity index (χ1v) is 11.3. The van der Waals surface area contributed by atoms with Crippen LogP contribution in [0.2, 0.25) is 5.02 Å². The van der Waals surface area contributed by atoms with Crippen LogP contribution in [0.1, 0.15) is 11.1 Å². The van der Waals surface area contributed by atoms with Gasteiger partial charge in [0.15, 0.2) is 17.1 Å². The van der Waals surface area contributed by atoms with Crippen LogP contribution in [0.4, 0.5) is 0 Å². The van der Waals surface area contributed by atoms with Crippen molar-refractivity contribution in [2.24, 2.45) is 5.10 Å². The first-order valence-electron chi connectivity index (χ1n) is 9.97. The maximum atomic E-state index is 12.1. The van der Waals surface area contributed by atoms with Crippen molar-refractivity contribution in [3.05, 3.63) is 82.9 Å². The molecular weight excluding hydrogens is 462 g/mol. The molecule has 0 unspecified atom stereocenters. The standard InChI is InChI=1S/C24H20ClN3O4S/c1-30-21-11-10-16(12-22(21)31-14-17-6-2-3-7-18(17)25)13-26-28-23(29)15-33-24-27-19-8-4-5-9-20(19)32-24/h2-13H,14-15H2,1H3,(H,28,29)/b26-13-. The topological polar surface area (TPSA) is 86.0 Å². The lowest BCUT2D eigenvalue weighted by Crippen LogP contribution is -2.19. The maximum Gasteiger partial charge on any atom is 0.257 e. The molecule has 168 valence electrons. The molecule has 0 aliphatic rings. The van der Waals surface area contributed by atoms with E-state index in [1.807, 2.05) is 54.6 Å². The number of amides is 1. The summed E-state index contributed by atoms with van der Waals surface area (Å²) in [5.74, 6) is 0.971. The fourth-order valence-electron chi connectivity index (χ4n) is 2.91. The molecule has 1 heterocycles. The highest BCUT2D eigenvalue weighted by atomic mass is 35.5. The highest BCUT2D eigenvalue weighted by Gasteiger charge is 2.09. The van der Waals surface area contributed by atoms with Crippen molar-refractivity contribution in [1.82, 2.24) is 10.4 Å². The Morgan fingerprint density at radius 3 is 2.79 bits per heavy atom. The Balaban J connectivity index is 1.32. The Labute approximate surface area is 199 Å². The number of nitrogens with one attached hydrogen (secondary N) is 1. The lowest BCUT2D eigenvalue weighted by molar-refractivity contribution is -0.118. The lowest BCUT2D eigenvalue weighted by Gasteiger charge is -2.12. The van der Waals surface area contributed by atoms with Crippen LogP contribution in [0, 0.1) is 0 Å². The number of halogens is 1. The number of ether oxygens (including phenoxy) is 2. The van der Waals surface area contributed by atoms with Crippen molar-refractivity contribution in [3.63, 3.8) is 0 Å². The van der Waals surface area contributed by atoms with E-state index in [2.05, 4.69) is 15.5 Å². The third-order valence-electron chi connectivity index (χ3n) is 4.53. The summed E-state index contributed by atoms with van der Waals surface area (Å²) in [6.45, 7) is 0.292. The fourth-order valence-corrected chi connectivity index (χ4v) is 3.73. The molecule has 33 heavy (non-hydrogen) atoms. The molecule has 0 spiro atoms. The minimum absolute atomic E-state index is 0.124. The molecule has 3 aromatic carbocycles. The third-order valence-corrected chi connectivity index (χ3v) is 5.73. The molecule has 0 fully saturated rings. The van der Waals surface area contributed by atoms with E-state index < -0.39 is 0 Å². The highest BCUT2D eigenvalue weighted by molar-refractivity contribution is 7.99. The number of benzene rings is 3. The number of fused-ring (bicyclic) bond motifs is 1. The van der Waals surface area contributed by atoms with Crippen molar-refractivity contribution in [3.8, 4) is 11.5 Å². The predicted molar refractivity (Wildman–Crippen MR) is 129 cm³/mol. The summed E-state index contributed by atoms with van der Waals surface area (Å²) in [7, 11) is 1.57. The molecule has 4 aromatic rings. The molecule has 0 aliphatic heterocycles. The van der Waals surface area contributed by atoms with Gasteiger partial charge in [-0.15, -0.1) is 0 Å². The van der Waals surface area contributed by atoms with Crippen LogP contribution in [0.15, 0.2) is 81.5 Å². The number of aromatic nitrogens is 1. The van der Waals surface area contributed by atoms with Gasteiger partial charge < -0.3 is 13.9 Å². The Bertz CT molecular complexity index is 1260. The van der Waals surface area contributed by atoms with Crippen molar-refractivity contribution in [2.75, 3.05) is 12.9 Å². The molecular formula is C24H20ClN3O4S. The van der Waals surface area contributed by atoms with Crippen LogP contribution in [0.3, 0.4) is 0 Å². The van der Waals surface area contributed by atoms with Crippen molar-refractivity contribution in [2.45, 2.75) is 11.8 Å². The number of methoxy groups -OCH3 is 1. The number of oxazole rings is 1. The number of nitrogens with zero attached hydrogens (tertiary/aromatic N) is 2. The smallest absolute Gasteiger partial charge is 0.257 e. The van der Waals surface area contributed by atoms with E-state index in [0.29, 0.717) is 33.9 Å². The van der Waals surface area contributed by atoms with E-state index in [4.69, 9.17) is 25.5 Å². The normalized spacial score (nSPS) is 11.1. The molecule has 0 aliphatic carbocycles. The molecule has 1 aromatic heterocycles. The molecule has 0 saturated carbocycles. The minimum atomic E-state index is -0.276. The van der Waals surface area contributed by atoms with Crippen molar-refractivity contribution in [1.29, 1.82) is 0 Å². The summed E-state index contributed by atoms with van der Waals surface area (Å²) in [6.07, 6.45) is 1.53. The number of carbonyl (C=O) groups is 1. The van der Waals surface area contributed by atoms with Gasteiger partial charge in [0.25, 0.3) is 11.1 Å². The summed E-state index contributed by atoms with van der Waals surface area (Å²) in [5, 5.41) is 5.09. The first kappa shape index (κ1) is 22.7. The summed E-state index contributed by atoms with van der Waals surface area (Å²) < 4.78 is 16.9. The van der Waals surface area contributed by atoms with Crippen LogP contribution in [0.5, 0.6) is 11.5 Å². The summed E-state index contributed by atoms with van der Waals surface area (Å²) in [5.41, 5.74) is 5.54. The molecule has 4 rings (SSSR count). The highest BCUT2D eigenvalue weighted by Crippen LogP contribution is 2.29. The second-order valence-electron chi connectivity index (χ2n) is 6.82. The predicted octanol–water partition coefficient (Wildman–Crippen LogP) is 5.31. The second-order valence-corrected chi connectivity index (χ2v) is 8.15. The zero-order valence-corrected chi connectivity index (χ0v) is 19.2. The maximum absolute atomic E-state index is 12.1. The molecule has 0 saturated heterocycles. The zero-order valence-electron chi connectivity index (χ0n) is 17.7. The molecule has 1 N–H and O–H groups in total. The van der Waals surface area contributed by atoms with Crippen LogP contribution >= 0.6 is 23.4 Å². The average molecular weight is 482 g/mol. The third kappa shape index (κ3) is 6.06. The van der Waals surface area contributed by atoms with Gasteiger partial charge in [-0.05, 0) is 42.0 Å². The second kappa shape index (κ2) is 10.9. The molecule has 0 atom stereocenters. The van der Waals surface area contributed by atoms with Gasteiger partial charge in [0.2, 0.25) is 0 Å². The van der Waals surface area contributed by atoms with Gasteiger partial charge in [0, 0.05) is 10.6 Å². The summed E-state index contributed by atoms with van der Waals surface area (Å²) >= 11 is 7.40. The van der Waals surface area contributed by atoms with Crippen LogP contribution < -0.4 is 14.9 Å². The van der Waals surface area contributed by atoms with E-state index in [9.17, 15) is 4.79 Å². The molecule has 0 bridgehead atoms. The van der Waals surface area contributed by atoms with Gasteiger partial charge in [-0.1, -0.05) is 53.7 Å². The van der Waals surface area contributed by atoms with Crippen LogP contribution in [-0.2, 0) is 11.4 Å². The van der Waals surface area contributed by atoms with Crippen LogP contribution in [0.25, 0.3) is 11.1 Å². The van der Waals surface area contributed by atoms with E-state index >= 15 is 0 Å². The van der Waals surface area contributed by atoms with E-state index in [1.54, 1.807) is 19.2 Å². The Morgan fingerprint density at radius 1 is 1.15 bits per heavy atom. The summed E-state index contributed by atoms with van der Waals surface area (Å²) in [6, 6.07) is 20.3. The Hall–Kier alpha value is -3.49. The largest absolute Gasteiger partial charge is 0.493 e. The quantitative estimate of drug-likeness (QED) is 0.198. The lowest BCUT2D eigenvalue weighted by atomic mass is 10.2. The molecule has 1 amide bonds.